The van der Waals surface area contributed by atoms with Gasteiger partial charge >= 0.3 is 0 Å². The monoisotopic (exact) mass is 355 g/mol. The zero-order valence-corrected chi connectivity index (χ0v) is 14.7. The predicted octanol–water partition coefficient (Wildman–Crippen LogP) is 1.54. The maximum atomic E-state index is 12.9. The molecule has 7 nitrogen and oxygen atoms in total. The van der Waals surface area contributed by atoms with E-state index in [2.05, 4.69) is 4.98 Å². The second kappa shape index (κ2) is 7.01. The summed E-state index contributed by atoms with van der Waals surface area (Å²) >= 11 is 0. The van der Waals surface area contributed by atoms with Crippen LogP contribution >= 0.6 is 0 Å². The van der Waals surface area contributed by atoms with Gasteiger partial charge in [-0.1, -0.05) is 0 Å². The zero-order valence-electron chi connectivity index (χ0n) is 14.7. The molecule has 0 aliphatic carbocycles. The molecule has 0 radical (unpaired) electrons. The molecule has 3 aromatic rings. The summed E-state index contributed by atoms with van der Waals surface area (Å²) in [5.41, 5.74) is 0.292. The van der Waals surface area contributed by atoms with Gasteiger partial charge < -0.3 is 18.6 Å². The van der Waals surface area contributed by atoms with E-state index in [0.717, 1.165) is 19.4 Å². The fraction of sp³-hybridized carbons (Fsp3) is 0.421. The Bertz CT molecular complexity index is 1060. The van der Waals surface area contributed by atoms with Crippen LogP contribution in [0.1, 0.15) is 12.8 Å². The van der Waals surface area contributed by atoms with Crippen molar-refractivity contribution in [2.45, 2.75) is 32.0 Å². The molecule has 4 rings (SSSR count). The van der Waals surface area contributed by atoms with Gasteiger partial charge in [-0.2, -0.15) is 0 Å². The number of nitrogens with zero attached hydrogens (tertiary/aromatic N) is 3. The fourth-order valence-electron chi connectivity index (χ4n) is 3.51. The molecule has 3 aromatic heterocycles. The van der Waals surface area contributed by atoms with Crippen molar-refractivity contribution in [3.8, 4) is 0 Å². The lowest BCUT2D eigenvalue weighted by Crippen LogP contribution is -2.27. The Hall–Kier alpha value is -2.51. The Kier molecular flexibility index (Phi) is 4.57. The number of aromatic nitrogens is 3. The third-order valence-electron chi connectivity index (χ3n) is 4.91. The summed E-state index contributed by atoms with van der Waals surface area (Å²) in [6.07, 6.45) is 7.08. The van der Waals surface area contributed by atoms with Gasteiger partial charge in [0.25, 0.3) is 11.1 Å². The summed E-state index contributed by atoms with van der Waals surface area (Å²) in [6.45, 7) is 2.18. The lowest BCUT2D eigenvalue weighted by atomic mass is 10.1. The highest BCUT2D eigenvalue weighted by Gasteiger charge is 2.18. The third kappa shape index (κ3) is 2.93. The summed E-state index contributed by atoms with van der Waals surface area (Å²) in [6, 6.07) is 3.63. The van der Waals surface area contributed by atoms with Crippen molar-refractivity contribution < 1.29 is 9.47 Å². The molecule has 4 heterocycles. The zero-order chi connectivity index (χ0) is 18.1. The Morgan fingerprint density at radius 1 is 1.19 bits per heavy atom. The first-order valence-electron chi connectivity index (χ1n) is 8.81. The summed E-state index contributed by atoms with van der Waals surface area (Å²) in [7, 11) is 1.60. The quantitative estimate of drug-likeness (QED) is 0.649. The van der Waals surface area contributed by atoms with Crippen LogP contribution in [0, 0.1) is 0 Å². The molecule has 7 heteroatoms. The minimum Gasteiger partial charge on any atom is -0.383 e. The van der Waals surface area contributed by atoms with Crippen LogP contribution in [0.25, 0.3) is 21.7 Å². The molecule has 0 aromatic carbocycles. The van der Waals surface area contributed by atoms with E-state index >= 15 is 0 Å². The Morgan fingerprint density at radius 3 is 2.81 bits per heavy atom. The molecule has 136 valence electrons. The number of rotatable bonds is 5. The van der Waals surface area contributed by atoms with Crippen LogP contribution in [-0.2, 0) is 22.6 Å². The van der Waals surface area contributed by atoms with E-state index in [1.54, 1.807) is 40.9 Å². The van der Waals surface area contributed by atoms with Crippen molar-refractivity contribution >= 4 is 21.7 Å². The average Bonchev–Trinajstić information content (AvgIpc) is 3.16. The lowest BCUT2D eigenvalue weighted by molar-refractivity contribution is 0.0963. The van der Waals surface area contributed by atoms with E-state index in [4.69, 9.17) is 9.47 Å². The molecule has 1 fully saturated rings. The molecule has 0 N–H and O–H groups in total. The van der Waals surface area contributed by atoms with Gasteiger partial charge in [-0.3, -0.25) is 14.6 Å². The minimum atomic E-state index is -0.158. The molecule has 26 heavy (non-hydrogen) atoms. The standard InChI is InChI=1S/C19H21N3O4/c1-25-10-8-21-7-5-16-17(19(21)24)14-4-6-22(12-13-3-2-9-26-13)18(23)15(14)11-20-16/h4-7,11,13H,2-3,8-10,12H2,1H3. The van der Waals surface area contributed by atoms with E-state index in [1.165, 1.54) is 0 Å². The van der Waals surface area contributed by atoms with E-state index in [-0.39, 0.29) is 17.2 Å². The van der Waals surface area contributed by atoms with E-state index in [9.17, 15) is 9.59 Å². The van der Waals surface area contributed by atoms with Gasteiger partial charge in [0.1, 0.15) is 0 Å². The second-order valence-corrected chi connectivity index (χ2v) is 6.56. The molecule has 0 amide bonds. The number of ether oxygens (including phenoxy) is 2. The average molecular weight is 355 g/mol. The van der Waals surface area contributed by atoms with Crippen LogP contribution in [0.2, 0.25) is 0 Å². The third-order valence-corrected chi connectivity index (χ3v) is 4.91. The number of fused-ring (bicyclic) bond motifs is 3. The van der Waals surface area contributed by atoms with Gasteiger partial charge in [0.05, 0.1) is 35.5 Å². The molecule has 1 unspecified atom stereocenters. The lowest BCUT2D eigenvalue weighted by Gasteiger charge is -2.13. The number of hydrogen-bond acceptors (Lipinski definition) is 5. The van der Waals surface area contributed by atoms with Crippen LogP contribution in [0.5, 0.6) is 0 Å². The van der Waals surface area contributed by atoms with Gasteiger partial charge in [0, 0.05) is 44.2 Å². The highest BCUT2D eigenvalue weighted by atomic mass is 16.5. The van der Waals surface area contributed by atoms with Gasteiger partial charge in [-0.25, -0.2) is 0 Å². The van der Waals surface area contributed by atoms with E-state index in [0.29, 0.717) is 41.4 Å². The summed E-state index contributed by atoms with van der Waals surface area (Å²) in [5.74, 6) is 0. The Morgan fingerprint density at radius 2 is 2.04 bits per heavy atom. The second-order valence-electron chi connectivity index (χ2n) is 6.56. The first-order chi connectivity index (χ1) is 12.7. The van der Waals surface area contributed by atoms with Gasteiger partial charge in [-0.05, 0) is 25.0 Å². The van der Waals surface area contributed by atoms with Gasteiger partial charge in [0.15, 0.2) is 0 Å². The van der Waals surface area contributed by atoms with Crippen LogP contribution in [0.3, 0.4) is 0 Å². The first kappa shape index (κ1) is 16.9. The van der Waals surface area contributed by atoms with Gasteiger partial charge in [0.2, 0.25) is 0 Å². The molecule has 1 aliphatic heterocycles. The molecule has 1 aliphatic rings. The van der Waals surface area contributed by atoms with Crippen LogP contribution < -0.4 is 11.1 Å². The largest absolute Gasteiger partial charge is 0.383 e. The molecule has 1 atom stereocenters. The first-order valence-corrected chi connectivity index (χ1v) is 8.81. The molecule has 1 saturated heterocycles. The predicted molar refractivity (Wildman–Crippen MR) is 98.6 cm³/mol. The summed E-state index contributed by atoms with van der Waals surface area (Å²) < 4.78 is 13.9. The highest BCUT2D eigenvalue weighted by Crippen LogP contribution is 2.19. The minimum absolute atomic E-state index is 0.0739. The van der Waals surface area contributed by atoms with Crippen molar-refractivity contribution in [3.63, 3.8) is 0 Å². The Labute approximate surface area is 149 Å². The highest BCUT2D eigenvalue weighted by molar-refractivity contribution is 6.04. The summed E-state index contributed by atoms with van der Waals surface area (Å²) in [5, 5.41) is 1.57. The molecular weight excluding hydrogens is 334 g/mol. The van der Waals surface area contributed by atoms with Crippen LogP contribution in [-0.4, -0.2) is 40.5 Å². The molecule has 0 spiro atoms. The van der Waals surface area contributed by atoms with Crippen molar-refractivity contribution in [2.75, 3.05) is 20.3 Å². The van der Waals surface area contributed by atoms with Crippen LogP contribution in [0.4, 0.5) is 0 Å². The molecule has 0 bridgehead atoms. The van der Waals surface area contributed by atoms with Crippen molar-refractivity contribution in [1.29, 1.82) is 0 Å². The van der Waals surface area contributed by atoms with Crippen molar-refractivity contribution in [1.82, 2.24) is 14.1 Å². The molecule has 0 saturated carbocycles. The fourth-order valence-corrected chi connectivity index (χ4v) is 3.51. The maximum Gasteiger partial charge on any atom is 0.260 e. The SMILES string of the molecule is COCCn1ccc2ncc3c(=O)n(CC4CCCO4)ccc3c2c1=O. The van der Waals surface area contributed by atoms with Gasteiger partial charge in [-0.15, -0.1) is 0 Å². The van der Waals surface area contributed by atoms with E-state index in [1.807, 2.05) is 6.07 Å². The van der Waals surface area contributed by atoms with Crippen LogP contribution in [0.15, 0.2) is 40.3 Å². The molecular formula is C19H21N3O4. The smallest absolute Gasteiger partial charge is 0.260 e. The normalized spacial score (nSPS) is 17.3. The van der Waals surface area contributed by atoms with Crippen molar-refractivity contribution in [3.05, 3.63) is 51.4 Å². The number of pyridine rings is 3. The van der Waals surface area contributed by atoms with Crippen molar-refractivity contribution in [2.24, 2.45) is 0 Å². The maximum absolute atomic E-state index is 12.9. The number of hydrogen-bond donors (Lipinski definition) is 0. The Balaban J connectivity index is 1.85. The summed E-state index contributed by atoms with van der Waals surface area (Å²) in [4.78, 5) is 30.1. The number of methoxy groups -OCH3 is 1. The van der Waals surface area contributed by atoms with E-state index < -0.39 is 0 Å². The topological polar surface area (TPSA) is 75.3 Å².